The minimum Gasteiger partial charge on any atom is -0.367 e. The molecule has 4 aromatic rings. The Labute approximate surface area is 235 Å². The summed E-state index contributed by atoms with van der Waals surface area (Å²) in [4.78, 5) is 21.9. The molecule has 1 aromatic heterocycles. The number of ether oxygens (including phenoxy) is 1. The zero-order valence-electron chi connectivity index (χ0n) is 23.4. The van der Waals surface area contributed by atoms with Gasteiger partial charge in [0.1, 0.15) is 12.4 Å². The van der Waals surface area contributed by atoms with E-state index in [1.54, 1.807) is 12.1 Å². The Kier molecular flexibility index (Phi) is 7.47. The number of amides is 1. The van der Waals surface area contributed by atoms with E-state index in [4.69, 9.17) is 4.74 Å². The monoisotopic (exact) mass is 539 g/mol. The number of aromatic nitrogens is 1. The zero-order chi connectivity index (χ0) is 27.7. The van der Waals surface area contributed by atoms with Crippen molar-refractivity contribution in [3.63, 3.8) is 0 Å². The van der Waals surface area contributed by atoms with Crippen LogP contribution in [0.4, 0.5) is 4.39 Å². The molecular weight excluding hydrogens is 501 g/mol. The number of H-pyrrole nitrogens is 1. The third-order valence-electron chi connectivity index (χ3n) is 9.07. The Morgan fingerprint density at radius 2 is 1.80 bits per heavy atom. The summed E-state index contributed by atoms with van der Waals surface area (Å²) in [6.07, 6.45) is 4.45. The van der Waals surface area contributed by atoms with E-state index < -0.39 is 5.54 Å². The van der Waals surface area contributed by atoms with Crippen molar-refractivity contribution < 1.29 is 13.9 Å². The summed E-state index contributed by atoms with van der Waals surface area (Å²) in [7, 11) is 4.16. The van der Waals surface area contributed by atoms with Crippen LogP contribution < -0.4 is 0 Å². The molecule has 2 aliphatic rings. The first kappa shape index (κ1) is 26.7. The number of fused-ring (bicyclic) bond motifs is 4. The Hall–Kier alpha value is -3.48. The van der Waals surface area contributed by atoms with Gasteiger partial charge in [0, 0.05) is 29.2 Å². The molecule has 0 saturated heterocycles. The molecule has 1 amide bonds. The van der Waals surface area contributed by atoms with Crippen LogP contribution in [0.25, 0.3) is 10.9 Å². The van der Waals surface area contributed by atoms with Crippen LogP contribution in [0.15, 0.2) is 78.9 Å². The number of nitrogens with zero attached hydrogens (tertiary/aromatic N) is 2. The van der Waals surface area contributed by atoms with Gasteiger partial charge >= 0.3 is 0 Å². The lowest BCUT2D eigenvalue weighted by atomic mass is 9.68. The first-order chi connectivity index (χ1) is 19.5. The van der Waals surface area contributed by atoms with Crippen molar-refractivity contribution in [2.75, 3.05) is 27.2 Å². The van der Waals surface area contributed by atoms with E-state index in [0.29, 0.717) is 19.1 Å². The quantitative estimate of drug-likeness (QED) is 0.288. The minimum atomic E-state index is -0.394. The van der Waals surface area contributed by atoms with Crippen molar-refractivity contribution in [3.8, 4) is 0 Å². The van der Waals surface area contributed by atoms with Crippen LogP contribution in [-0.2, 0) is 28.1 Å². The molecule has 0 bridgehead atoms. The largest absolute Gasteiger partial charge is 0.367 e. The average Bonchev–Trinajstić information content (AvgIpc) is 3.35. The molecule has 1 fully saturated rings. The molecule has 1 aliphatic heterocycles. The predicted octanol–water partition coefficient (Wildman–Crippen LogP) is 6.60. The van der Waals surface area contributed by atoms with Crippen LogP contribution in [0.3, 0.4) is 0 Å². The summed E-state index contributed by atoms with van der Waals surface area (Å²) in [6, 6.07) is 25.6. The number of hydrogen-bond donors (Lipinski definition) is 1. The summed E-state index contributed by atoms with van der Waals surface area (Å²) in [6.45, 7) is 1.18. The fourth-order valence-electron chi connectivity index (χ4n) is 7.34. The normalized spacial score (nSPS) is 21.6. The van der Waals surface area contributed by atoms with Gasteiger partial charge in [-0.25, -0.2) is 4.39 Å². The SMILES string of the molecule is CN(C)C(c1cccc(F)c1)C1CCC2(CC1)c1[nH]c3ccccc3c1CCN2C(=O)COCc1ccccc1. The number of nitrogens with one attached hydrogen (secondary N) is 1. The Balaban J connectivity index is 1.28. The molecule has 6 heteroatoms. The van der Waals surface area contributed by atoms with E-state index in [0.717, 1.165) is 48.7 Å². The van der Waals surface area contributed by atoms with Crippen molar-refractivity contribution in [2.24, 2.45) is 5.92 Å². The van der Waals surface area contributed by atoms with Gasteiger partial charge in [-0.2, -0.15) is 0 Å². The molecule has 1 N–H and O–H groups in total. The van der Waals surface area contributed by atoms with E-state index in [-0.39, 0.29) is 24.4 Å². The molecule has 2 heterocycles. The van der Waals surface area contributed by atoms with E-state index in [1.165, 1.54) is 22.7 Å². The Morgan fingerprint density at radius 1 is 1.05 bits per heavy atom. The maximum atomic E-state index is 14.2. The molecule has 40 heavy (non-hydrogen) atoms. The molecule has 0 radical (unpaired) electrons. The first-order valence-corrected chi connectivity index (χ1v) is 14.4. The first-order valence-electron chi connectivity index (χ1n) is 14.4. The zero-order valence-corrected chi connectivity index (χ0v) is 23.4. The lowest BCUT2D eigenvalue weighted by molar-refractivity contribution is -0.147. The molecule has 1 unspecified atom stereocenters. The van der Waals surface area contributed by atoms with E-state index in [1.807, 2.05) is 36.4 Å². The molecule has 5 nitrogen and oxygen atoms in total. The standard InChI is InChI=1S/C34H38FN3O2/c1-37(2)32(26-11-8-12-27(35)21-26)25-15-18-34(19-16-25)33-29(28-13-6-7-14-30(28)36-33)17-20-38(34)31(39)23-40-22-24-9-4-3-5-10-24/h3-14,21,25,32,36H,15-20,22-23H2,1-2H3. The van der Waals surface area contributed by atoms with Gasteiger partial charge in [0.05, 0.1) is 12.1 Å². The summed E-state index contributed by atoms with van der Waals surface area (Å²) >= 11 is 0. The van der Waals surface area contributed by atoms with Gasteiger partial charge in [-0.3, -0.25) is 4.79 Å². The van der Waals surface area contributed by atoms with E-state index in [2.05, 4.69) is 53.1 Å². The smallest absolute Gasteiger partial charge is 0.249 e. The van der Waals surface area contributed by atoms with Crippen LogP contribution in [0, 0.1) is 11.7 Å². The maximum absolute atomic E-state index is 14.2. The summed E-state index contributed by atoms with van der Waals surface area (Å²) < 4.78 is 20.1. The van der Waals surface area contributed by atoms with Crippen molar-refractivity contribution in [1.82, 2.24) is 14.8 Å². The number of carbonyl (C=O) groups is 1. The molecule has 6 rings (SSSR count). The molecule has 208 valence electrons. The highest BCUT2D eigenvalue weighted by atomic mass is 19.1. The highest BCUT2D eigenvalue weighted by Gasteiger charge is 2.49. The Bertz CT molecular complexity index is 1470. The highest BCUT2D eigenvalue weighted by Crippen LogP contribution is 2.51. The van der Waals surface area contributed by atoms with Crippen LogP contribution in [-0.4, -0.2) is 47.9 Å². The summed E-state index contributed by atoms with van der Waals surface area (Å²) in [5, 5.41) is 1.26. The maximum Gasteiger partial charge on any atom is 0.249 e. The van der Waals surface area contributed by atoms with Crippen molar-refractivity contribution in [3.05, 3.63) is 107 Å². The Morgan fingerprint density at radius 3 is 2.55 bits per heavy atom. The second-order valence-corrected chi connectivity index (χ2v) is 11.6. The van der Waals surface area contributed by atoms with Gasteiger partial charge in [-0.05, 0) is 87.0 Å². The third-order valence-corrected chi connectivity index (χ3v) is 9.07. The fourth-order valence-corrected chi connectivity index (χ4v) is 7.34. The summed E-state index contributed by atoms with van der Waals surface area (Å²) in [5.74, 6) is 0.218. The van der Waals surface area contributed by atoms with Gasteiger partial charge in [-0.15, -0.1) is 0 Å². The second-order valence-electron chi connectivity index (χ2n) is 11.6. The van der Waals surface area contributed by atoms with E-state index in [9.17, 15) is 9.18 Å². The van der Waals surface area contributed by atoms with Gasteiger partial charge in [0.2, 0.25) is 5.91 Å². The number of hydrogen-bond acceptors (Lipinski definition) is 3. The summed E-state index contributed by atoms with van der Waals surface area (Å²) in [5.41, 5.74) is 5.36. The number of carbonyl (C=O) groups excluding carboxylic acids is 1. The van der Waals surface area contributed by atoms with E-state index >= 15 is 0 Å². The number of rotatable bonds is 7. The number of para-hydroxylation sites is 1. The lowest BCUT2D eigenvalue weighted by Gasteiger charge is -2.51. The van der Waals surface area contributed by atoms with Crippen LogP contribution in [0.2, 0.25) is 0 Å². The number of aromatic amines is 1. The van der Waals surface area contributed by atoms with Gasteiger partial charge < -0.3 is 19.5 Å². The average molecular weight is 540 g/mol. The molecule has 3 aromatic carbocycles. The highest BCUT2D eigenvalue weighted by molar-refractivity contribution is 5.87. The topological polar surface area (TPSA) is 48.6 Å². The van der Waals surface area contributed by atoms with Crippen LogP contribution in [0.5, 0.6) is 0 Å². The third kappa shape index (κ3) is 4.95. The predicted molar refractivity (Wildman–Crippen MR) is 156 cm³/mol. The second kappa shape index (κ2) is 11.2. The van der Waals surface area contributed by atoms with Crippen molar-refractivity contribution in [1.29, 1.82) is 0 Å². The molecular formula is C34H38FN3O2. The van der Waals surface area contributed by atoms with Crippen molar-refractivity contribution >= 4 is 16.8 Å². The van der Waals surface area contributed by atoms with Gasteiger partial charge in [0.25, 0.3) is 0 Å². The lowest BCUT2D eigenvalue weighted by Crippen LogP contribution is -2.56. The fraction of sp³-hybridized carbons (Fsp3) is 0.382. The minimum absolute atomic E-state index is 0.0491. The number of benzene rings is 3. The molecule has 1 atom stereocenters. The number of halogens is 1. The molecule has 1 saturated carbocycles. The van der Waals surface area contributed by atoms with Crippen molar-refractivity contribution in [2.45, 2.75) is 50.3 Å². The molecule has 1 spiro atoms. The molecule has 1 aliphatic carbocycles. The van der Waals surface area contributed by atoms with Crippen LogP contribution in [0.1, 0.15) is 54.1 Å². The van der Waals surface area contributed by atoms with Crippen LogP contribution >= 0.6 is 0 Å². The van der Waals surface area contributed by atoms with Gasteiger partial charge in [-0.1, -0.05) is 60.7 Å². The van der Waals surface area contributed by atoms with Gasteiger partial charge in [0.15, 0.2) is 0 Å².